The smallest absolute Gasteiger partial charge is 0.305 e. The third kappa shape index (κ3) is 4.69. The van der Waals surface area contributed by atoms with E-state index in [1.165, 1.54) is 29.4 Å². The quantitative estimate of drug-likeness (QED) is 0.583. The summed E-state index contributed by atoms with van der Waals surface area (Å²) in [5, 5.41) is 0. The highest BCUT2D eigenvalue weighted by Gasteiger charge is 2.25. The summed E-state index contributed by atoms with van der Waals surface area (Å²) in [6.07, 6.45) is 4.80. The Bertz CT molecular complexity index is 691. The van der Waals surface area contributed by atoms with E-state index in [2.05, 4.69) is 28.8 Å². The summed E-state index contributed by atoms with van der Waals surface area (Å²) in [5.41, 5.74) is 5.87. The molecule has 0 spiro atoms. The maximum absolute atomic E-state index is 11.2. The van der Waals surface area contributed by atoms with E-state index in [4.69, 9.17) is 9.47 Å². The third-order valence-electron chi connectivity index (χ3n) is 4.70. The summed E-state index contributed by atoms with van der Waals surface area (Å²) in [6.45, 7) is 4.18. The fourth-order valence-corrected chi connectivity index (χ4v) is 2.99. The molecule has 1 heterocycles. The Balaban J connectivity index is 2.15. The van der Waals surface area contributed by atoms with Crippen molar-refractivity contribution >= 4 is 17.6 Å². The van der Waals surface area contributed by atoms with Gasteiger partial charge in [-0.2, -0.15) is 0 Å². The summed E-state index contributed by atoms with van der Waals surface area (Å²) in [4.78, 5) is 15.8. The molecule has 0 saturated carbocycles. The highest BCUT2D eigenvalue weighted by Crippen LogP contribution is 2.32. The van der Waals surface area contributed by atoms with Gasteiger partial charge in [0.15, 0.2) is 0 Å². The number of nitrogens with zero attached hydrogens (tertiary/aromatic N) is 1. The van der Waals surface area contributed by atoms with E-state index in [1.807, 2.05) is 13.0 Å². The van der Waals surface area contributed by atoms with Crippen molar-refractivity contribution in [3.05, 3.63) is 40.5 Å². The van der Waals surface area contributed by atoms with Crippen LogP contribution >= 0.6 is 0 Å². The number of ether oxygens (including phenoxy) is 3. The maximum Gasteiger partial charge on any atom is 0.305 e. The Kier molecular flexibility index (Phi) is 6.76. The van der Waals surface area contributed by atoms with Gasteiger partial charge in [-0.15, -0.1) is 0 Å². The van der Waals surface area contributed by atoms with Crippen LogP contribution < -0.4 is 0 Å². The number of hydrogen-bond acceptors (Lipinski definition) is 5. The van der Waals surface area contributed by atoms with Crippen LogP contribution in [0.5, 0.6) is 0 Å². The zero-order chi connectivity index (χ0) is 18.4. The maximum atomic E-state index is 11.2. The zero-order valence-corrected chi connectivity index (χ0v) is 15.7. The molecule has 136 valence electrons. The molecule has 1 aliphatic rings. The standard InChI is InChI=1S/C20H27NO4/c1-13(7-11-19(22)24-4)6-8-15-9-10-17-16(14(15)2)12-18(23-3)20(21-17)25-5/h6,9-10,18H,7-8,11-12H2,1-5H3. The normalized spacial score (nSPS) is 16.9. The number of benzene rings is 1. The Morgan fingerprint density at radius 2 is 2.04 bits per heavy atom. The molecule has 0 radical (unpaired) electrons. The van der Waals surface area contributed by atoms with Gasteiger partial charge in [0.2, 0.25) is 5.90 Å². The Morgan fingerprint density at radius 3 is 2.68 bits per heavy atom. The van der Waals surface area contributed by atoms with E-state index < -0.39 is 0 Å². The molecule has 0 saturated heterocycles. The fourth-order valence-electron chi connectivity index (χ4n) is 2.99. The minimum Gasteiger partial charge on any atom is -0.482 e. The van der Waals surface area contributed by atoms with Gasteiger partial charge < -0.3 is 14.2 Å². The second-order valence-electron chi connectivity index (χ2n) is 6.26. The van der Waals surface area contributed by atoms with Crippen LogP contribution in [-0.4, -0.2) is 39.3 Å². The molecule has 5 heteroatoms. The van der Waals surface area contributed by atoms with Crippen molar-refractivity contribution in [1.29, 1.82) is 0 Å². The highest BCUT2D eigenvalue weighted by molar-refractivity contribution is 5.87. The molecule has 1 aromatic carbocycles. The van der Waals surface area contributed by atoms with E-state index in [-0.39, 0.29) is 12.1 Å². The SMILES string of the molecule is COC(=O)CCC(C)=CCc1ccc2c(c1C)CC(OC)C(OC)=N2. The molecule has 2 rings (SSSR count). The predicted octanol–water partition coefficient (Wildman–Crippen LogP) is 3.68. The van der Waals surface area contributed by atoms with Crippen molar-refractivity contribution in [3.63, 3.8) is 0 Å². The first-order valence-electron chi connectivity index (χ1n) is 8.49. The minimum absolute atomic E-state index is 0.135. The monoisotopic (exact) mass is 345 g/mol. The van der Waals surface area contributed by atoms with Crippen molar-refractivity contribution in [3.8, 4) is 0 Å². The molecule has 0 fully saturated rings. The number of carbonyl (C=O) groups excluding carboxylic acids is 1. The average molecular weight is 345 g/mol. The lowest BCUT2D eigenvalue weighted by Gasteiger charge is -2.24. The van der Waals surface area contributed by atoms with Crippen LogP contribution in [0.3, 0.4) is 0 Å². The van der Waals surface area contributed by atoms with Crippen molar-refractivity contribution in [1.82, 2.24) is 0 Å². The van der Waals surface area contributed by atoms with E-state index in [1.54, 1.807) is 14.2 Å². The largest absolute Gasteiger partial charge is 0.482 e. The Labute approximate surface area is 149 Å². The molecule has 0 aromatic heterocycles. The number of esters is 1. The van der Waals surface area contributed by atoms with Gasteiger partial charge in [0.05, 0.1) is 19.9 Å². The predicted molar refractivity (Wildman–Crippen MR) is 98.5 cm³/mol. The van der Waals surface area contributed by atoms with Gasteiger partial charge in [-0.25, -0.2) is 4.99 Å². The van der Waals surface area contributed by atoms with Crippen LogP contribution in [0.25, 0.3) is 0 Å². The molecule has 1 aromatic rings. The van der Waals surface area contributed by atoms with Gasteiger partial charge in [0.1, 0.15) is 6.10 Å². The van der Waals surface area contributed by atoms with E-state index in [0.29, 0.717) is 12.3 Å². The van der Waals surface area contributed by atoms with Crippen LogP contribution in [0.1, 0.15) is 36.5 Å². The molecular formula is C20H27NO4. The second-order valence-corrected chi connectivity index (χ2v) is 6.26. The summed E-state index contributed by atoms with van der Waals surface area (Å²) < 4.78 is 15.5. The Hall–Kier alpha value is -2.14. The first-order valence-corrected chi connectivity index (χ1v) is 8.49. The minimum atomic E-state index is -0.171. The molecular weight excluding hydrogens is 318 g/mol. The highest BCUT2D eigenvalue weighted by atomic mass is 16.5. The van der Waals surface area contributed by atoms with Crippen molar-refractivity contribution < 1.29 is 19.0 Å². The first kappa shape index (κ1) is 19.2. The summed E-state index contributed by atoms with van der Waals surface area (Å²) in [5.74, 6) is 0.454. The second kappa shape index (κ2) is 8.81. The zero-order valence-electron chi connectivity index (χ0n) is 15.7. The number of allylic oxidation sites excluding steroid dienone is 2. The van der Waals surface area contributed by atoms with E-state index >= 15 is 0 Å². The number of aliphatic imine (C=N–C) groups is 1. The molecule has 0 N–H and O–H groups in total. The lowest BCUT2D eigenvalue weighted by molar-refractivity contribution is -0.140. The number of fused-ring (bicyclic) bond motifs is 1. The first-order chi connectivity index (χ1) is 12.0. The van der Waals surface area contributed by atoms with Crippen molar-refractivity contribution in [2.75, 3.05) is 21.3 Å². The lowest BCUT2D eigenvalue weighted by Crippen LogP contribution is -2.30. The number of carbonyl (C=O) groups is 1. The summed E-state index contributed by atoms with van der Waals surface area (Å²) in [6, 6.07) is 4.16. The molecule has 1 unspecified atom stereocenters. The number of methoxy groups -OCH3 is 3. The molecule has 25 heavy (non-hydrogen) atoms. The van der Waals surface area contributed by atoms with Crippen LogP contribution in [0.2, 0.25) is 0 Å². The molecule has 1 atom stereocenters. The van der Waals surface area contributed by atoms with E-state index in [0.717, 1.165) is 24.9 Å². The third-order valence-corrected chi connectivity index (χ3v) is 4.70. The van der Waals surface area contributed by atoms with Crippen LogP contribution in [-0.2, 0) is 31.8 Å². The van der Waals surface area contributed by atoms with Crippen molar-refractivity contribution in [2.45, 2.75) is 45.6 Å². The van der Waals surface area contributed by atoms with Gasteiger partial charge in [0, 0.05) is 20.0 Å². The van der Waals surface area contributed by atoms with E-state index in [9.17, 15) is 4.79 Å². The number of rotatable bonds is 6. The van der Waals surface area contributed by atoms with Crippen molar-refractivity contribution in [2.24, 2.45) is 4.99 Å². The fraction of sp³-hybridized carbons (Fsp3) is 0.500. The van der Waals surface area contributed by atoms with Gasteiger partial charge in [-0.1, -0.05) is 17.7 Å². The summed E-state index contributed by atoms with van der Waals surface area (Å²) in [7, 11) is 4.72. The molecule has 0 aliphatic carbocycles. The molecule has 5 nitrogen and oxygen atoms in total. The lowest BCUT2D eigenvalue weighted by atomic mass is 9.92. The molecule has 1 aliphatic heterocycles. The number of hydrogen-bond donors (Lipinski definition) is 0. The van der Waals surface area contributed by atoms with Crippen LogP contribution in [0, 0.1) is 6.92 Å². The van der Waals surface area contributed by atoms with Gasteiger partial charge >= 0.3 is 5.97 Å². The van der Waals surface area contributed by atoms with Gasteiger partial charge in [-0.05, 0) is 49.4 Å². The Morgan fingerprint density at radius 1 is 1.28 bits per heavy atom. The van der Waals surface area contributed by atoms with Gasteiger partial charge in [-0.3, -0.25) is 4.79 Å². The van der Waals surface area contributed by atoms with Crippen LogP contribution in [0.4, 0.5) is 5.69 Å². The topological polar surface area (TPSA) is 57.1 Å². The molecule has 0 bridgehead atoms. The summed E-state index contributed by atoms with van der Waals surface area (Å²) >= 11 is 0. The average Bonchev–Trinajstić information content (AvgIpc) is 2.64. The van der Waals surface area contributed by atoms with Crippen LogP contribution in [0.15, 0.2) is 28.8 Å². The van der Waals surface area contributed by atoms with Gasteiger partial charge in [0.25, 0.3) is 0 Å². The molecule has 0 amide bonds.